The third-order valence-electron chi connectivity index (χ3n) is 3.92. The number of fused-ring (bicyclic) bond motifs is 1. The zero-order valence-corrected chi connectivity index (χ0v) is 15.5. The summed E-state index contributed by atoms with van der Waals surface area (Å²) in [7, 11) is 1.60. The van der Waals surface area contributed by atoms with E-state index in [1.807, 2.05) is 29.6 Å². The first-order chi connectivity index (χ1) is 12.7. The lowest BCUT2D eigenvalue weighted by atomic mass is 10.2. The predicted octanol–water partition coefficient (Wildman–Crippen LogP) is 4.87. The summed E-state index contributed by atoms with van der Waals surface area (Å²) in [6, 6.07) is 15.0. The number of ether oxygens (including phenoxy) is 1. The number of rotatable bonds is 4. The van der Waals surface area contributed by atoms with Crippen molar-refractivity contribution in [1.29, 1.82) is 0 Å². The normalized spacial score (nSPS) is 10.8. The Labute approximate surface area is 158 Å². The van der Waals surface area contributed by atoms with Crippen LogP contribution in [0.3, 0.4) is 0 Å². The van der Waals surface area contributed by atoms with Gasteiger partial charge >= 0.3 is 0 Å². The molecule has 3 aromatic heterocycles. The van der Waals surface area contributed by atoms with Crippen molar-refractivity contribution in [3.63, 3.8) is 0 Å². The molecule has 1 aromatic carbocycles. The first-order valence-electron chi connectivity index (χ1n) is 7.84. The van der Waals surface area contributed by atoms with Gasteiger partial charge in [-0.15, -0.1) is 22.7 Å². The van der Waals surface area contributed by atoms with E-state index < -0.39 is 0 Å². The zero-order chi connectivity index (χ0) is 18.1. The van der Waals surface area contributed by atoms with Crippen molar-refractivity contribution in [1.82, 2.24) is 4.98 Å². The lowest BCUT2D eigenvalue weighted by molar-refractivity contribution is 0.103. The molecule has 1 amide bonds. The summed E-state index contributed by atoms with van der Waals surface area (Å²) < 4.78 is 5.12. The second-order valence-electron chi connectivity index (χ2n) is 5.55. The topological polar surface area (TPSA) is 77.2 Å². The Morgan fingerprint density at radius 3 is 2.65 bits per heavy atom. The third-order valence-corrected chi connectivity index (χ3v) is 5.93. The van der Waals surface area contributed by atoms with E-state index in [1.165, 1.54) is 11.3 Å². The first-order valence-corrected chi connectivity index (χ1v) is 9.53. The molecule has 0 aliphatic heterocycles. The lowest BCUT2D eigenvalue weighted by Crippen LogP contribution is -2.11. The average Bonchev–Trinajstić information content (AvgIpc) is 3.30. The highest BCUT2D eigenvalue weighted by Crippen LogP contribution is 2.35. The number of anilines is 2. The number of hydrogen-bond acceptors (Lipinski definition) is 6. The van der Waals surface area contributed by atoms with Gasteiger partial charge in [-0.2, -0.15) is 0 Å². The van der Waals surface area contributed by atoms with Gasteiger partial charge in [-0.1, -0.05) is 6.07 Å². The fraction of sp³-hybridized carbons (Fsp3) is 0.0526. The Morgan fingerprint density at radius 2 is 1.96 bits per heavy atom. The van der Waals surface area contributed by atoms with Crippen LogP contribution in [-0.2, 0) is 0 Å². The molecule has 0 spiro atoms. The van der Waals surface area contributed by atoms with E-state index in [4.69, 9.17) is 10.5 Å². The molecule has 0 aliphatic carbocycles. The molecule has 0 fully saturated rings. The summed E-state index contributed by atoms with van der Waals surface area (Å²) in [5.41, 5.74) is 8.23. The number of methoxy groups -OCH3 is 1. The van der Waals surface area contributed by atoms with Crippen molar-refractivity contribution >= 4 is 50.2 Å². The highest BCUT2D eigenvalue weighted by Gasteiger charge is 2.18. The third kappa shape index (κ3) is 3.02. The van der Waals surface area contributed by atoms with Crippen LogP contribution in [0.4, 0.5) is 11.4 Å². The van der Waals surface area contributed by atoms with Gasteiger partial charge in [-0.25, -0.2) is 4.98 Å². The molecular weight excluding hydrogens is 366 g/mol. The van der Waals surface area contributed by atoms with Gasteiger partial charge in [0.2, 0.25) is 0 Å². The molecule has 0 saturated carbocycles. The van der Waals surface area contributed by atoms with Crippen molar-refractivity contribution in [2.45, 2.75) is 0 Å². The SMILES string of the molecule is COc1ccc(NC(=O)c2sc3nc(-c4cccs4)ccc3c2N)cc1. The smallest absolute Gasteiger partial charge is 0.267 e. The quantitative estimate of drug-likeness (QED) is 0.529. The molecule has 5 nitrogen and oxygen atoms in total. The van der Waals surface area contributed by atoms with Crippen LogP contribution < -0.4 is 15.8 Å². The highest BCUT2D eigenvalue weighted by molar-refractivity contribution is 7.21. The van der Waals surface area contributed by atoms with Crippen molar-refractivity contribution in [2.24, 2.45) is 0 Å². The molecule has 26 heavy (non-hydrogen) atoms. The second-order valence-corrected chi connectivity index (χ2v) is 7.50. The Kier molecular flexibility index (Phi) is 4.32. The number of aromatic nitrogens is 1. The Balaban J connectivity index is 1.64. The summed E-state index contributed by atoms with van der Waals surface area (Å²) in [5, 5.41) is 5.68. The van der Waals surface area contributed by atoms with Crippen LogP contribution in [0.25, 0.3) is 20.8 Å². The van der Waals surface area contributed by atoms with Gasteiger partial charge in [-0.3, -0.25) is 4.79 Å². The number of benzene rings is 1. The number of carbonyl (C=O) groups is 1. The summed E-state index contributed by atoms with van der Waals surface area (Å²) in [6.45, 7) is 0. The number of amides is 1. The van der Waals surface area contributed by atoms with Gasteiger partial charge in [0, 0.05) is 11.1 Å². The molecule has 130 valence electrons. The summed E-state index contributed by atoms with van der Waals surface area (Å²) in [4.78, 5) is 19.6. The molecule has 4 rings (SSSR count). The van der Waals surface area contributed by atoms with Crippen LogP contribution in [-0.4, -0.2) is 18.0 Å². The predicted molar refractivity (Wildman–Crippen MR) is 108 cm³/mol. The second kappa shape index (κ2) is 6.78. The number of nitrogen functional groups attached to an aromatic ring is 1. The molecule has 4 aromatic rings. The van der Waals surface area contributed by atoms with Crippen LogP contribution in [0.2, 0.25) is 0 Å². The van der Waals surface area contributed by atoms with Crippen LogP contribution in [0.5, 0.6) is 5.75 Å². The molecule has 0 radical (unpaired) electrons. The number of pyridine rings is 1. The van der Waals surface area contributed by atoms with Crippen molar-refractivity contribution in [2.75, 3.05) is 18.2 Å². The van der Waals surface area contributed by atoms with Gasteiger partial charge in [0.25, 0.3) is 5.91 Å². The van der Waals surface area contributed by atoms with Gasteiger partial charge in [0.05, 0.1) is 23.4 Å². The average molecular weight is 381 g/mol. The fourth-order valence-electron chi connectivity index (χ4n) is 2.59. The standard InChI is InChI=1S/C19H15N3O2S2/c1-24-12-6-4-11(5-7-12)21-18(23)17-16(20)13-8-9-14(22-19(13)26-17)15-3-2-10-25-15/h2-10H,20H2,1H3,(H,21,23). The van der Waals surface area contributed by atoms with E-state index in [9.17, 15) is 4.79 Å². The van der Waals surface area contributed by atoms with Crippen LogP contribution >= 0.6 is 22.7 Å². The number of hydrogen-bond donors (Lipinski definition) is 2. The van der Waals surface area contributed by atoms with E-state index in [0.29, 0.717) is 16.3 Å². The molecular formula is C19H15N3O2S2. The van der Waals surface area contributed by atoms with Crippen LogP contribution in [0.15, 0.2) is 53.9 Å². The molecule has 3 N–H and O–H groups in total. The molecule has 0 atom stereocenters. The summed E-state index contributed by atoms with van der Waals surface area (Å²) >= 11 is 2.93. The summed E-state index contributed by atoms with van der Waals surface area (Å²) in [6.07, 6.45) is 0. The number of thiophene rings is 2. The lowest BCUT2D eigenvalue weighted by Gasteiger charge is -2.05. The minimum atomic E-state index is -0.242. The number of nitrogens with zero attached hydrogens (tertiary/aromatic N) is 1. The molecule has 0 bridgehead atoms. The van der Waals surface area contributed by atoms with Gasteiger partial charge in [0.15, 0.2) is 0 Å². The van der Waals surface area contributed by atoms with E-state index in [0.717, 1.165) is 26.5 Å². The first kappa shape index (κ1) is 16.6. The highest BCUT2D eigenvalue weighted by atomic mass is 32.1. The van der Waals surface area contributed by atoms with Crippen LogP contribution in [0, 0.1) is 0 Å². The van der Waals surface area contributed by atoms with Gasteiger partial charge in [-0.05, 0) is 47.8 Å². The minimum absolute atomic E-state index is 0.242. The van der Waals surface area contributed by atoms with Crippen molar-refractivity contribution in [3.8, 4) is 16.3 Å². The number of nitrogens with one attached hydrogen (secondary N) is 1. The van der Waals surface area contributed by atoms with Gasteiger partial charge < -0.3 is 15.8 Å². The fourth-order valence-corrected chi connectivity index (χ4v) is 4.27. The molecule has 0 aliphatic rings. The van der Waals surface area contributed by atoms with E-state index in [2.05, 4.69) is 10.3 Å². The Morgan fingerprint density at radius 1 is 1.15 bits per heavy atom. The maximum absolute atomic E-state index is 12.6. The van der Waals surface area contributed by atoms with Crippen molar-refractivity contribution in [3.05, 3.63) is 58.8 Å². The molecule has 0 unspecified atom stereocenters. The maximum Gasteiger partial charge on any atom is 0.267 e. The molecule has 0 saturated heterocycles. The molecule has 7 heteroatoms. The van der Waals surface area contributed by atoms with Crippen LogP contribution in [0.1, 0.15) is 9.67 Å². The van der Waals surface area contributed by atoms with Crippen molar-refractivity contribution < 1.29 is 9.53 Å². The number of nitrogens with two attached hydrogens (primary N) is 1. The minimum Gasteiger partial charge on any atom is -0.497 e. The zero-order valence-electron chi connectivity index (χ0n) is 13.9. The van der Waals surface area contributed by atoms with E-state index in [-0.39, 0.29) is 5.91 Å². The largest absolute Gasteiger partial charge is 0.497 e. The van der Waals surface area contributed by atoms with E-state index in [1.54, 1.807) is 42.7 Å². The monoisotopic (exact) mass is 381 g/mol. The molecule has 3 heterocycles. The van der Waals surface area contributed by atoms with E-state index >= 15 is 0 Å². The Bertz CT molecular complexity index is 1070. The Hall–Kier alpha value is -2.90. The maximum atomic E-state index is 12.6. The van der Waals surface area contributed by atoms with Gasteiger partial charge in [0.1, 0.15) is 15.5 Å². The number of carbonyl (C=O) groups excluding carboxylic acids is 1. The summed E-state index contributed by atoms with van der Waals surface area (Å²) in [5.74, 6) is 0.489.